The zero-order valence-electron chi connectivity index (χ0n) is 9.58. The minimum absolute atomic E-state index is 0.283. The van der Waals surface area contributed by atoms with E-state index in [1.807, 2.05) is 23.5 Å². The highest BCUT2D eigenvalue weighted by Crippen LogP contribution is 2.27. The van der Waals surface area contributed by atoms with Gasteiger partial charge in [-0.1, -0.05) is 18.7 Å². The molecule has 4 heteroatoms. The second-order valence-electron chi connectivity index (χ2n) is 4.63. The van der Waals surface area contributed by atoms with E-state index in [0.717, 1.165) is 0 Å². The number of hydrogen-bond donors (Lipinski definition) is 1. The summed E-state index contributed by atoms with van der Waals surface area (Å²) in [6.45, 7) is 4.53. The molecule has 2 fully saturated rings. The Labute approximate surface area is 101 Å². The third kappa shape index (κ3) is 3.06. The van der Waals surface area contributed by atoms with E-state index < -0.39 is 0 Å². The van der Waals surface area contributed by atoms with Crippen molar-refractivity contribution in [2.24, 2.45) is 4.99 Å². The first-order chi connectivity index (χ1) is 7.22. The lowest BCUT2D eigenvalue weighted by Gasteiger charge is -2.22. The molecule has 0 aromatic heterocycles. The van der Waals surface area contributed by atoms with Crippen molar-refractivity contribution in [3.05, 3.63) is 0 Å². The topological polar surface area (TPSA) is 24.4 Å². The van der Waals surface area contributed by atoms with Gasteiger partial charge in [0.2, 0.25) is 0 Å². The van der Waals surface area contributed by atoms with Gasteiger partial charge in [-0.15, -0.1) is 0 Å². The van der Waals surface area contributed by atoms with Gasteiger partial charge >= 0.3 is 0 Å². The zero-order chi connectivity index (χ0) is 10.7. The van der Waals surface area contributed by atoms with Crippen LogP contribution in [0.5, 0.6) is 0 Å². The fraction of sp³-hybridized carbons (Fsp3) is 0.909. The van der Waals surface area contributed by atoms with E-state index in [9.17, 15) is 0 Å². The Hall–Kier alpha value is 0.170. The predicted octanol–water partition coefficient (Wildman–Crippen LogP) is 2.74. The minimum Gasteiger partial charge on any atom is -0.359 e. The molecular weight excluding hydrogens is 224 g/mol. The molecule has 2 heterocycles. The van der Waals surface area contributed by atoms with E-state index in [1.54, 1.807) is 0 Å². The van der Waals surface area contributed by atoms with Crippen molar-refractivity contribution in [2.75, 3.05) is 17.3 Å². The monoisotopic (exact) mass is 244 g/mol. The number of aliphatic imine (C=N–C) groups is 1. The lowest BCUT2D eigenvalue weighted by Crippen LogP contribution is -2.40. The molecule has 2 rings (SSSR count). The van der Waals surface area contributed by atoms with Crippen LogP contribution >= 0.6 is 23.5 Å². The van der Waals surface area contributed by atoms with Crippen LogP contribution in [0.15, 0.2) is 4.99 Å². The molecule has 2 unspecified atom stereocenters. The number of nitrogens with one attached hydrogen (secondary N) is 1. The molecule has 2 saturated heterocycles. The number of thioether (sulfide) groups is 2. The van der Waals surface area contributed by atoms with Crippen LogP contribution in [0.25, 0.3) is 0 Å². The van der Waals surface area contributed by atoms with Crippen LogP contribution < -0.4 is 5.32 Å². The molecule has 2 aliphatic rings. The Balaban J connectivity index is 1.91. The Morgan fingerprint density at radius 3 is 3.07 bits per heavy atom. The Kier molecular flexibility index (Phi) is 3.88. The summed E-state index contributed by atoms with van der Waals surface area (Å²) < 4.78 is 0. The molecule has 1 N–H and O–H groups in total. The van der Waals surface area contributed by atoms with Crippen molar-refractivity contribution in [1.82, 2.24) is 5.32 Å². The molecule has 2 aliphatic heterocycles. The summed E-state index contributed by atoms with van der Waals surface area (Å²) in [5.74, 6) is 3.71. The third-order valence-corrected chi connectivity index (χ3v) is 5.61. The van der Waals surface area contributed by atoms with Gasteiger partial charge in [0.1, 0.15) is 0 Å². The van der Waals surface area contributed by atoms with E-state index >= 15 is 0 Å². The van der Waals surface area contributed by atoms with Gasteiger partial charge in [0, 0.05) is 17.0 Å². The molecule has 0 amide bonds. The maximum Gasteiger partial charge on any atom is 0.157 e. The molecule has 0 saturated carbocycles. The minimum atomic E-state index is 0.283. The number of rotatable bonds is 2. The van der Waals surface area contributed by atoms with Gasteiger partial charge in [-0.25, -0.2) is 0 Å². The first kappa shape index (κ1) is 11.6. The number of amidine groups is 1. The van der Waals surface area contributed by atoms with Gasteiger partial charge in [0.25, 0.3) is 0 Å². The number of nitrogens with zero attached hydrogens (tertiary/aromatic N) is 1. The van der Waals surface area contributed by atoms with Crippen molar-refractivity contribution < 1.29 is 0 Å². The first-order valence-corrected chi connectivity index (χ1v) is 7.92. The van der Waals surface area contributed by atoms with Crippen LogP contribution in [0, 0.1) is 0 Å². The summed E-state index contributed by atoms with van der Waals surface area (Å²) in [6.07, 6.45) is 3.79. The van der Waals surface area contributed by atoms with Crippen LogP contribution in [-0.4, -0.2) is 34.0 Å². The summed E-state index contributed by atoms with van der Waals surface area (Å²) in [5.41, 5.74) is 0.283. The van der Waals surface area contributed by atoms with Gasteiger partial charge in [-0.05, 0) is 31.9 Å². The van der Waals surface area contributed by atoms with Gasteiger partial charge in [0.15, 0.2) is 5.17 Å². The van der Waals surface area contributed by atoms with Crippen LogP contribution in [0.2, 0.25) is 0 Å². The molecule has 0 radical (unpaired) electrons. The summed E-state index contributed by atoms with van der Waals surface area (Å²) in [5, 5.41) is 4.75. The van der Waals surface area contributed by atoms with E-state index in [1.165, 1.54) is 41.7 Å². The summed E-state index contributed by atoms with van der Waals surface area (Å²) in [7, 11) is 0. The largest absolute Gasteiger partial charge is 0.359 e. The maximum absolute atomic E-state index is 4.83. The second kappa shape index (κ2) is 5.00. The average Bonchev–Trinajstić information content (AvgIpc) is 2.63. The normalized spacial score (nSPS) is 39.3. The van der Waals surface area contributed by atoms with Crippen molar-refractivity contribution in [3.63, 3.8) is 0 Å². The van der Waals surface area contributed by atoms with Crippen molar-refractivity contribution in [2.45, 2.75) is 44.7 Å². The van der Waals surface area contributed by atoms with Gasteiger partial charge < -0.3 is 5.32 Å². The van der Waals surface area contributed by atoms with Gasteiger partial charge in [0.05, 0.1) is 6.04 Å². The summed E-state index contributed by atoms with van der Waals surface area (Å²) in [4.78, 5) is 4.83. The van der Waals surface area contributed by atoms with Crippen LogP contribution in [0.3, 0.4) is 0 Å². The highest BCUT2D eigenvalue weighted by atomic mass is 32.2. The van der Waals surface area contributed by atoms with E-state index in [2.05, 4.69) is 19.2 Å². The number of hydrogen-bond acceptors (Lipinski definition) is 3. The maximum atomic E-state index is 4.83. The van der Waals surface area contributed by atoms with Crippen LogP contribution in [0.4, 0.5) is 0 Å². The molecule has 2 atom stereocenters. The van der Waals surface area contributed by atoms with Gasteiger partial charge in [-0.3, -0.25) is 4.99 Å². The molecule has 0 spiro atoms. The molecule has 0 aromatic rings. The lowest BCUT2D eigenvalue weighted by molar-refractivity contribution is 0.465. The van der Waals surface area contributed by atoms with Crippen molar-refractivity contribution >= 4 is 28.7 Å². The third-order valence-electron chi connectivity index (χ3n) is 3.15. The molecule has 0 aromatic carbocycles. The second-order valence-corrected chi connectivity index (χ2v) is 6.75. The van der Waals surface area contributed by atoms with Crippen LogP contribution in [-0.2, 0) is 0 Å². The fourth-order valence-corrected chi connectivity index (χ4v) is 4.13. The highest BCUT2D eigenvalue weighted by Gasteiger charge is 2.31. The molecule has 15 heavy (non-hydrogen) atoms. The van der Waals surface area contributed by atoms with E-state index in [-0.39, 0.29) is 5.54 Å². The smallest absolute Gasteiger partial charge is 0.157 e. The summed E-state index contributed by atoms with van der Waals surface area (Å²) >= 11 is 3.95. The SMILES string of the molecule is CCC1(C)CSC(=NC2CCCSC2)N1. The average molecular weight is 244 g/mol. The molecule has 86 valence electrons. The van der Waals surface area contributed by atoms with Crippen molar-refractivity contribution in [3.8, 4) is 0 Å². The molecule has 0 aliphatic carbocycles. The van der Waals surface area contributed by atoms with Crippen LogP contribution in [0.1, 0.15) is 33.1 Å². The first-order valence-electron chi connectivity index (χ1n) is 5.78. The van der Waals surface area contributed by atoms with Gasteiger partial charge in [-0.2, -0.15) is 11.8 Å². The molecule has 0 bridgehead atoms. The standard InChI is InChI=1S/C11H20N2S2/c1-3-11(2)8-15-10(13-11)12-9-5-4-6-14-7-9/h9H,3-8H2,1-2H3,(H,12,13). The molecular formula is C11H20N2S2. The Morgan fingerprint density at radius 1 is 1.60 bits per heavy atom. The lowest BCUT2D eigenvalue weighted by atomic mass is 10.0. The van der Waals surface area contributed by atoms with E-state index in [4.69, 9.17) is 4.99 Å². The fourth-order valence-electron chi connectivity index (χ4n) is 1.81. The zero-order valence-corrected chi connectivity index (χ0v) is 11.2. The Bertz CT molecular complexity index is 249. The molecule has 2 nitrogen and oxygen atoms in total. The van der Waals surface area contributed by atoms with E-state index in [0.29, 0.717) is 6.04 Å². The van der Waals surface area contributed by atoms with Crippen molar-refractivity contribution in [1.29, 1.82) is 0 Å². The quantitative estimate of drug-likeness (QED) is 0.808. The summed E-state index contributed by atoms with van der Waals surface area (Å²) in [6, 6.07) is 0.568. The predicted molar refractivity (Wildman–Crippen MR) is 72.1 cm³/mol. The Morgan fingerprint density at radius 2 is 2.47 bits per heavy atom. The highest BCUT2D eigenvalue weighted by molar-refractivity contribution is 8.14.